The van der Waals surface area contributed by atoms with Crippen LogP contribution in [0.25, 0.3) is 0 Å². The average molecular weight is 149 g/mol. The molecule has 0 saturated heterocycles. The number of nitrogens with one attached hydrogen (secondary N) is 1. The maximum Gasteiger partial charge on any atom is 0.207 e. The SMILES string of the molecule is CNCc1ncco1.Cl. The summed E-state index contributed by atoms with van der Waals surface area (Å²) in [5.41, 5.74) is 0. The van der Waals surface area contributed by atoms with Gasteiger partial charge < -0.3 is 9.73 Å². The summed E-state index contributed by atoms with van der Waals surface area (Å²) in [6.45, 7) is 0.701. The molecule has 0 aliphatic heterocycles. The second kappa shape index (κ2) is 4.35. The van der Waals surface area contributed by atoms with Crippen LogP contribution in [0.3, 0.4) is 0 Å². The molecule has 1 heterocycles. The molecule has 0 aliphatic carbocycles. The van der Waals surface area contributed by atoms with Gasteiger partial charge in [-0.25, -0.2) is 4.98 Å². The number of nitrogens with zero attached hydrogens (tertiary/aromatic N) is 1. The lowest BCUT2D eigenvalue weighted by molar-refractivity contribution is 0.480. The van der Waals surface area contributed by atoms with Gasteiger partial charge in [0.25, 0.3) is 0 Å². The predicted molar refractivity (Wildman–Crippen MR) is 36.5 cm³/mol. The van der Waals surface area contributed by atoms with Crippen LogP contribution in [0.5, 0.6) is 0 Å². The number of halogens is 1. The van der Waals surface area contributed by atoms with Gasteiger partial charge >= 0.3 is 0 Å². The first kappa shape index (κ1) is 8.46. The molecule has 9 heavy (non-hydrogen) atoms. The first-order chi connectivity index (χ1) is 3.93. The van der Waals surface area contributed by atoms with Crippen molar-refractivity contribution in [2.75, 3.05) is 7.05 Å². The lowest BCUT2D eigenvalue weighted by atomic mass is 10.6. The highest BCUT2D eigenvalue weighted by molar-refractivity contribution is 5.85. The maximum absolute atomic E-state index is 4.90. The lowest BCUT2D eigenvalue weighted by Crippen LogP contribution is -2.04. The van der Waals surface area contributed by atoms with Crippen molar-refractivity contribution in [2.24, 2.45) is 0 Å². The van der Waals surface area contributed by atoms with Crippen molar-refractivity contribution in [2.45, 2.75) is 6.54 Å². The Morgan fingerprint density at radius 2 is 2.56 bits per heavy atom. The molecule has 1 rings (SSSR count). The Kier molecular flexibility index (Phi) is 4.09. The van der Waals surface area contributed by atoms with Gasteiger partial charge in [-0.3, -0.25) is 0 Å². The molecular weight excluding hydrogens is 140 g/mol. The third-order valence-corrected chi connectivity index (χ3v) is 0.811. The van der Waals surface area contributed by atoms with Crippen LogP contribution in [0.2, 0.25) is 0 Å². The number of oxazole rings is 1. The molecule has 52 valence electrons. The van der Waals surface area contributed by atoms with E-state index in [1.54, 1.807) is 12.5 Å². The van der Waals surface area contributed by atoms with Gasteiger partial charge in [-0.1, -0.05) is 0 Å². The number of hydrogen-bond acceptors (Lipinski definition) is 3. The van der Waals surface area contributed by atoms with E-state index in [4.69, 9.17) is 4.42 Å². The van der Waals surface area contributed by atoms with E-state index in [2.05, 4.69) is 10.3 Å². The average Bonchev–Trinajstić information content (AvgIpc) is 2.19. The van der Waals surface area contributed by atoms with Crippen LogP contribution in [0.4, 0.5) is 0 Å². The Labute approximate surface area is 59.9 Å². The van der Waals surface area contributed by atoms with Gasteiger partial charge in [0.2, 0.25) is 5.89 Å². The zero-order valence-corrected chi connectivity index (χ0v) is 5.94. The van der Waals surface area contributed by atoms with Crippen molar-refractivity contribution < 1.29 is 4.42 Å². The van der Waals surface area contributed by atoms with Gasteiger partial charge in [0, 0.05) is 0 Å². The summed E-state index contributed by atoms with van der Waals surface area (Å²) in [7, 11) is 1.85. The van der Waals surface area contributed by atoms with E-state index in [1.807, 2.05) is 7.05 Å². The van der Waals surface area contributed by atoms with Gasteiger partial charge in [0.15, 0.2) is 0 Å². The molecule has 0 saturated carbocycles. The molecular formula is C5H9ClN2O. The van der Waals surface area contributed by atoms with Gasteiger partial charge in [-0.05, 0) is 7.05 Å². The molecule has 0 aromatic carbocycles. The molecule has 0 unspecified atom stereocenters. The van der Waals surface area contributed by atoms with Crippen molar-refractivity contribution in [3.05, 3.63) is 18.4 Å². The van der Waals surface area contributed by atoms with E-state index in [0.29, 0.717) is 6.54 Å². The summed E-state index contributed by atoms with van der Waals surface area (Å²) < 4.78 is 4.90. The van der Waals surface area contributed by atoms with Crippen molar-refractivity contribution in [3.63, 3.8) is 0 Å². The molecule has 0 bridgehead atoms. The molecule has 1 N–H and O–H groups in total. The van der Waals surface area contributed by atoms with Crippen LogP contribution in [0.1, 0.15) is 5.89 Å². The van der Waals surface area contributed by atoms with Gasteiger partial charge in [-0.15, -0.1) is 12.4 Å². The monoisotopic (exact) mass is 148 g/mol. The zero-order valence-electron chi connectivity index (χ0n) is 5.13. The fourth-order valence-electron chi connectivity index (χ4n) is 0.491. The standard InChI is InChI=1S/C5H8N2O.ClH/c1-6-4-5-7-2-3-8-5;/h2-3,6H,4H2,1H3;1H. The highest BCUT2D eigenvalue weighted by Gasteiger charge is 1.89. The van der Waals surface area contributed by atoms with Crippen molar-refractivity contribution in [3.8, 4) is 0 Å². The minimum atomic E-state index is 0. The molecule has 0 amide bonds. The molecule has 0 spiro atoms. The Morgan fingerprint density at radius 3 is 3.00 bits per heavy atom. The summed E-state index contributed by atoms with van der Waals surface area (Å²) in [5.74, 6) is 0.729. The van der Waals surface area contributed by atoms with Gasteiger partial charge in [0.1, 0.15) is 6.26 Å². The third kappa shape index (κ3) is 2.49. The van der Waals surface area contributed by atoms with Crippen LogP contribution in [-0.4, -0.2) is 12.0 Å². The largest absolute Gasteiger partial charge is 0.448 e. The van der Waals surface area contributed by atoms with Gasteiger partial charge in [-0.2, -0.15) is 0 Å². The first-order valence-electron chi connectivity index (χ1n) is 2.46. The van der Waals surface area contributed by atoms with Crippen LogP contribution in [0, 0.1) is 0 Å². The van der Waals surface area contributed by atoms with E-state index < -0.39 is 0 Å². The molecule has 1 aromatic heterocycles. The van der Waals surface area contributed by atoms with Crippen LogP contribution >= 0.6 is 12.4 Å². The first-order valence-corrected chi connectivity index (χ1v) is 2.46. The second-order valence-corrected chi connectivity index (χ2v) is 1.46. The Hall–Kier alpha value is -0.540. The van der Waals surface area contributed by atoms with Crippen LogP contribution in [-0.2, 0) is 6.54 Å². The quantitative estimate of drug-likeness (QED) is 0.675. The Bertz CT molecular complexity index is 141. The Balaban J connectivity index is 0.000000640. The predicted octanol–water partition coefficient (Wildman–Crippen LogP) is 0.816. The van der Waals surface area contributed by atoms with Crippen molar-refractivity contribution in [1.29, 1.82) is 0 Å². The third-order valence-electron chi connectivity index (χ3n) is 0.811. The van der Waals surface area contributed by atoms with Crippen LogP contribution < -0.4 is 5.32 Å². The number of hydrogen-bond donors (Lipinski definition) is 1. The molecule has 3 nitrogen and oxygen atoms in total. The second-order valence-electron chi connectivity index (χ2n) is 1.46. The highest BCUT2D eigenvalue weighted by atomic mass is 35.5. The molecule has 4 heteroatoms. The zero-order chi connectivity index (χ0) is 5.82. The normalized spacial score (nSPS) is 8.56. The number of aromatic nitrogens is 1. The fourth-order valence-corrected chi connectivity index (χ4v) is 0.491. The molecule has 0 fully saturated rings. The molecule has 0 radical (unpaired) electrons. The summed E-state index contributed by atoms with van der Waals surface area (Å²) in [4.78, 5) is 3.88. The maximum atomic E-state index is 4.90. The van der Waals surface area contributed by atoms with Crippen molar-refractivity contribution >= 4 is 12.4 Å². The molecule has 0 aliphatic rings. The van der Waals surface area contributed by atoms with Crippen molar-refractivity contribution in [1.82, 2.24) is 10.3 Å². The molecule has 0 atom stereocenters. The van der Waals surface area contributed by atoms with E-state index in [0.717, 1.165) is 5.89 Å². The fraction of sp³-hybridized carbons (Fsp3) is 0.400. The van der Waals surface area contributed by atoms with Gasteiger partial charge in [0.05, 0.1) is 12.7 Å². The number of rotatable bonds is 2. The van der Waals surface area contributed by atoms with E-state index in [9.17, 15) is 0 Å². The summed E-state index contributed by atoms with van der Waals surface area (Å²) in [5, 5.41) is 2.91. The lowest BCUT2D eigenvalue weighted by Gasteiger charge is -1.87. The van der Waals surface area contributed by atoms with E-state index in [-0.39, 0.29) is 12.4 Å². The van der Waals surface area contributed by atoms with E-state index >= 15 is 0 Å². The molecule has 1 aromatic rings. The smallest absolute Gasteiger partial charge is 0.207 e. The highest BCUT2D eigenvalue weighted by Crippen LogP contribution is 1.90. The topological polar surface area (TPSA) is 38.1 Å². The summed E-state index contributed by atoms with van der Waals surface area (Å²) >= 11 is 0. The summed E-state index contributed by atoms with van der Waals surface area (Å²) in [6, 6.07) is 0. The summed E-state index contributed by atoms with van der Waals surface area (Å²) in [6.07, 6.45) is 3.19. The van der Waals surface area contributed by atoms with E-state index in [1.165, 1.54) is 0 Å². The minimum absolute atomic E-state index is 0. The minimum Gasteiger partial charge on any atom is -0.448 e. The Morgan fingerprint density at radius 1 is 1.78 bits per heavy atom. The van der Waals surface area contributed by atoms with Crippen LogP contribution in [0.15, 0.2) is 16.9 Å².